The first kappa shape index (κ1) is 18.3. The highest BCUT2D eigenvalue weighted by molar-refractivity contribution is 7.22. The number of halogens is 1. The summed E-state index contributed by atoms with van der Waals surface area (Å²) < 4.78 is 15.9. The molecule has 0 aliphatic carbocycles. The van der Waals surface area contributed by atoms with Crippen molar-refractivity contribution in [1.82, 2.24) is 25.0 Å². The maximum Gasteiger partial charge on any atom is 0.250 e. The van der Waals surface area contributed by atoms with Crippen molar-refractivity contribution in [2.24, 2.45) is 0 Å². The number of para-hydroxylation sites is 1. The summed E-state index contributed by atoms with van der Waals surface area (Å²) in [6, 6.07) is 15.6. The van der Waals surface area contributed by atoms with E-state index in [1.54, 1.807) is 28.0 Å². The molecular formula is C21H15FN6OS. The Morgan fingerprint density at radius 2 is 2.00 bits per heavy atom. The molecule has 3 heterocycles. The van der Waals surface area contributed by atoms with Crippen LogP contribution >= 0.6 is 11.3 Å². The van der Waals surface area contributed by atoms with Gasteiger partial charge in [-0.1, -0.05) is 34.7 Å². The third-order valence-corrected chi connectivity index (χ3v) is 5.68. The Morgan fingerprint density at radius 1 is 1.10 bits per heavy atom. The Kier molecular flexibility index (Phi) is 4.64. The molecule has 148 valence electrons. The zero-order chi connectivity index (χ0) is 20.5. The molecule has 7 nitrogen and oxygen atoms in total. The van der Waals surface area contributed by atoms with Crippen LogP contribution < -0.4 is 4.90 Å². The van der Waals surface area contributed by atoms with Gasteiger partial charge in [0.05, 0.1) is 22.3 Å². The summed E-state index contributed by atoms with van der Waals surface area (Å²) >= 11 is 1.27. The largest absolute Gasteiger partial charge is 0.282 e. The maximum atomic E-state index is 13.6. The van der Waals surface area contributed by atoms with E-state index in [9.17, 15) is 9.18 Å². The molecule has 2 aromatic carbocycles. The normalized spacial score (nSPS) is 11.2. The van der Waals surface area contributed by atoms with E-state index in [0.29, 0.717) is 21.9 Å². The first-order valence-electron chi connectivity index (χ1n) is 9.21. The number of hydrogen-bond donors (Lipinski definition) is 0. The Morgan fingerprint density at radius 3 is 2.87 bits per heavy atom. The van der Waals surface area contributed by atoms with Crippen molar-refractivity contribution < 1.29 is 9.18 Å². The summed E-state index contributed by atoms with van der Waals surface area (Å²) in [5.41, 5.74) is 3.00. The number of carbonyl (C=O) groups is 1. The molecule has 1 amide bonds. The molecular weight excluding hydrogens is 403 g/mol. The van der Waals surface area contributed by atoms with Gasteiger partial charge in [0.1, 0.15) is 17.9 Å². The summed E-state index contributed by atoms with van der Waals surface area (Å²) in [5, 5.41) is 8.72. The third kappa shape index (κ3) is 3.50. The Bertz CT molecular complexity index is 1350. The zero-order valence-corrected chi connectivity index (χ0v) is 16.5. The minimum absolute atomic E-state index is 0.00502. The molecule has 0 atom stereocenters. The number of rotatable bonds is 5. The van der Waals surface area contributed by atoms with Crippen molar-refractivity contribution in [2.45, 2.75) is 13.1 Å². The number of hydrogen-bond acceptors (Lipinski definition) is 6. The monoisotopic (exact) mass is 418 g/mol. The molecule has 0 aliphatic rings. The van der Waals surface area contributed by atoms with E-state index >= 15 is 0 Å². The average molecular weight is 418 g/mol. The van der Waals surface area contributed by atoms with Gasteiger partial charge in [0.25, 0.3) is 5.91 Å². The number of amides is 1. The Hall–Kier alpha value is -3.72. The van der Waals surface area contributed by atoms with Crippen LogP contribution in [0.2, 0.25) is 0 Å². The van der Waals surface area contributed by atoms with Gasteiger partial charge < -0.3 is 0 Å². The second-order valence-corrected chi connectivity index (χ2v) is 7.69. The highest BCUT2D eigenvalue weighted by Gasteiger charge is 2.22. The van der Waals surface area contributed by atoms with Gasteiger partial charge in [-0.2, -0.15) is 0 Å². The van der Waals surface area contributed by atoms with E-state index in [2.05, 4.69) is 20.3 Å². The SMILES string of the molecule is O=C(Cn1nnc2ccccc21)N(Cc1cccnc1)c1nc2ccc(F)cc2s1. The zero-order valence-electron chi connectivity index (χ0n) is 15.6. The molecule has 0 N–H and O–H groups in total. The van der Waals surface area contributed by atoms with Crippen molar-refractivity contribution in [3.05, 3.63) is 78.4 Å². The molecule has 0 aliphatic heterocycles. The Labute approximate surface area is 174 Å². The predicted octanol–water partition coefficient (Wildman–Crippen LogP) is 3.81. The van der Waals surface area contributed by atoms with Crippen LogP contribution in [0.1, 0.15) is 5.56 Å². The minimum Gasteiger partial charge on any atom is -0.282 e. The number of pyridine rings is 1. The number of anilines is 1. The summed E-state index contributed by atoms with van der Waals surface area (Å²) in [7, 11) is 0. The smallest absolute Gasteiger partial charge is 0.250 e. The lowest BCUT2D eigenvalue weighted by Gasteiger charge is -2.20. The first-order chi connectivity index (χ1) is 14.7. The molecule has 5 aromatic rings. The lowest BCUT2D eigenvalue weighted by atomic mass is 10.2. The van der Waals surface area contributed by atoms with Gasteiger partial charge in [-0.25, -0.2) is 14.1 Å². The first-order valence-corrected chi connectivity index (χ1v) is 10.0. The number of thiazole rings is 1. The van der Waals surface area contributed by atoms with Gasteiger partial charge in [-0.3, -0.25) is 14.7 Å². The minimum atomic E-state index is -0.336. The highest BCUT2D eigenvalue weighted by atomic mass is 32.1. The molecule has 0 saturated heterocycles. The van der Waals surface area contributed by atoms with Crippen LogP contribution in [0.4, 0.5) is 9.52 Å². The van der Waals surface area contributed by atoms with Gasteiger partial charge in [0, 0.05) is 12.4 Å². The highest BCUT2D eigenvalue weighted by Crippen LogP contribution is 2.30. The molecule has 0 fully saturated rings. The van der Waals surface area contributed by atoms with Crippen molar-refractivity contribution in [2.75, 3.05) is 4.90 Å². The predicted molar refractivity (Wildman–Crippen MR) is 113 cm³/mol. The molecule has 0 spiro atoms. The molecule has 0 unspecified atom stereocenters. The second kappa shape index (κ2) is 7.60. The van der Waals surface area contributed by atoms with Crippen LogP contribution in [0.15, 0.2) is 67.0 Å². The fraction of sp³-hybridized carbons (Fsp3) is 0.0952. The van der Waals surface area contributed by atoms with Crippen LogP contribution in [0.3, 0.4) is 0 Å². The van der Waals surface area contributed by atoms with Gasteiger partial charge in [0.2, 0.25) is 0 Å². The van der Waals surface area contributed by atoms with E-state index < -0.39 is 0 Å². The lowest BCUT2D eigenvalue weighted by molar-refractivity contribution is -0.119. The van der Waals surface area contributed by atoms with Crippen molar-refractivity contribution in [3.63, 3.8) is 0 Å². The number of fused-ring (bicyclic) bond motifs is 2. The van der Waals surface area contributed by atoms with Crippen molar-refractivity contribution in [1.29, 1.82) is 0 Å². The average Bonchev–Trinajstić information content (AvgIpc) is 3.36. The maximum absolute atomic E-state index is 13.6. The molecule has 0 saturated carbocycles. The number of carbonyl (C=O) groups excluding carboxylic acids is 1. The van der Waals surface area contributed by atoms with Gasteiger partial charge in [0.15, 0.2) is 5.13 Å². The van der Waals surface area contributed by atoms with E-state index in [1.807, 2.05) is 36.4 Å². The van der Waals surface area contributed by atoms with Gasteiger partial charge >= 0.3 is 0 Å². The van der Waals surface area contributed by atoms with Crippen molar-refractivity contribution >= 4 is 43.6 Å². The number of nitrogens with zero attached hydrogens (tertiary/aromatic N) is 6. The fourth-order valence-electron chi connectivity index (χ4n) is 3.19. The summed E-state index contributed by atoms with van der Waals surface area (Å²) in [6.07, 6.45) is 3.38. The van der Waals surface area contributed by atoms with Crippen LogP contribution in [-0.2, 0) is 17.9 Å². The molecule has 30 heavy (non-hydrogen) atoms. The molecule has 9 heteroatoms. The summed E-state index contributed by atoms with van der Waals surface area (Å²) in [6.45, 7) is 0.298. The quantitative estimate of drug-likeness (QED) is 0.434. The van der Waals surface area contributed by atoms with E-state index in [-0.39, 0.29) is 18.3 Å². The number of aromatic nitrogens is 5. The standard InChI is InChI=1S/C21H15FN6OS/c22-15-7-8-17-19(10-15)30-21(24-17)27(12-14-4-3-9-23-11-14)20(29)13-28-18-6-2-1-5-16(18)25-26-28/h1-11H,12-13H2. The fourth-order valence-corrected chi connectivity index (χ4v) is 4.19. The summed E-state index contributed by atoms with van der Waals surface area (Å²) in [5.74, 6) is -0.536. The molecule has 3 aromatic heterocycles. The third-order valence-electron chi connectivity index (χ3n) is 4.64. The molecule has 5 rings (SSSR count). The van der Waals surface area contributed by atoms with E-state index in [1.165, 1.54) is 23.5 Å². The van der Waals surface area contributed by atoms with Crippen LogP contribution in [-0.4, -0.2) is 30.9 Å². The Balaban J connectivity index is 1.51. The van der Waals surface area contributed by atoms with Gasteiger partial charge in [-0.05, 0) is 42.0 Å². The lowest BCUT2D eigenvalue weighted by Crippen LogP contribution is -2.33. The van der Waals surface area contributed by atoms with Crippen LogP contribution in [0, 0.1) is 5.82 Å². The second-order valence-electron chi connectivity index (χ2n) is 6.69. The summed E-state index contributed by atoms with van der Waals surface area (Å²) in [4.78, 5) is 23.6. The van der Waals surface area contributed by atoms with E-state index in [4.69, 9.17) is 0 Å². The molecule has 0 radical (unpaired) electrons. The van der Waals surface area contributed by atoms with Crippen LogP contribution in [0.5, 0.6) is 0 Å². The van der Waals surface area contributed by atoms with E-state index in [0.717, 1.165) is 16.6 Å². The number of benzene rings is 2. The molecule has 0 bridgehead atoms. The topological polar surface area (TPSA) is 76.8 Å². The van der Waals surface area contributed by atoms with Crippen LogP contribution in [0.25, 0.3) is 21.3 Å². The van der Waals surface area contributed by atoms with Gasteiger partial charge in [-0.15, -0.1) is 5.10 Å². The van der Waals surface area contributed by atoms with Crippen molar-refractivity contribution in [3.8, 4) is 0 Å².